The van der Waals surface area contributed by atoms with Crippen LogP contribution >= 0.6 is 11.3 Å². The fourth-order valence-corrected chi connectivity index (χ4v) is 3.20. The average Bonchev–Trinajstić information content (AvgIpc) is 2.89. The van der Waals surface area contributed by atoms with E-state index < -0.39 is 5.97 Å². The van der Waals surface area contributed by atoms with Crippen molar-refractivity contribution in [3.8, 4) is 16.9 Å². The molecular weight excluding hydrogens is 291 g/mol. The van der Waals surface area contributed by atoms with E-state index in [0.717, 1.165) is 15.6 Å². The average molecular weight is 302 g/mol. The van der Waals surface area contributed by atoms with Gasteiger partial charge < -0.3 is 9.84 Å². The van der Waals surface area contributed by atoms with Gasteiger partial charge in [-0.2, -0.15) is 0 Å². The lowest BCUT2D eigenvalue weighted by Gasteiger charge is -2.08. The van der Waals surface area contributed by atoms with E-state index in [4.69, 9.17) is 9.84 Å². The number of carbonyl (C=O) groups is 1. The second-order valence-electron chi connectivity index (χ2n) is 4.51. The number of carboxylic acids is 1. The molecule has 3 rings (SSSR count). The number of hydrogen-bond donors (Lipinski definition) is 1. The van der Waals surface area contributed by atoms with Crippen LogP contribution in [0.5, 0.6) is 5.75 Å². The molecule has 3 nitrogen and oxygen atoms in total. The van der Waals surface area contributed by atoms with Crippen LogP contribution < -0.4 is 4.74 Å². The van der Waals surface area contributed by atoms with Gasteiger partial charge in [0.05, 0.1) is 12.7 Å². The van der Waals surface area contributed by atoms with Crippen molar-refractivity contribution in [2.75, 3.05) is 7.11 Å². The summed E-state index contributed by atoms with van der Waals surface area (Å²) in [7, 11) is 1.52. The predicted molar refractivity (Wildman–Crippen MR) is 80.7 cm³/mol. The molecule has 2 aromatic carbocycles. The summed E-state index contributed by atoms with van der Waals surface area (Å²) in [5.41, 5.74) is 1.60. The number of thiophene rings is 1. The first-order chi connectivity index (χ1) is 10.1. The molecule has 5 heteroatoms. The minimum Gasteiger partial charge on any atom is -0.496 e. The molecule has 0 atom stereocenters. The van der Waals surface area contributed by atoms with Gasteiger partial charge in [-0.15, -0.1) is 11.3 Å². The number of aromatic carboxylic acids is 1. The zero-order valence-electron chi connectivity index (χ0n) is 11.1. The highest BCUT2D eigenvalue weighted by atomic mass is 32.1. The molecule has 3 aromatic rings. The van der Waals surface area contributed by atoms with Crippen LogP contribution in [0.25, 0.3) is 21.2 Å². The third-order valence-electron chi connectivity index (χ3n) is 3.27. The van der Waals surface area contributed by atoms with Gasteiger partial charge in [-0.25, -0.2) is 9.18 Å². The SMILES string of the molecule is COc1ccc(F)cc1-c1csc2ccc(C(=O)O)cc12. The fourth-order valence-electron chi connectivity index (χ4n) is 2.26. The Hall–Kier alpha value is -2.40. The number of methoxy groups -OCH3 is 1. The maximum Gasteiger partial charge on any atom is 0.335 e. The minimum atomic E-state index is -0.986. The van der Waals surface area contributed by atoms with Gasteiger partial charge >= 0.3 is 5.97 Å². The number of halogens is 1. The molecule has 0 bridgehead atoms. The first-order valence-electron chi connectivity index (χ1n) is 6.18. The maximum atomic E-state index is 13.5. The van der Waals surface area contributed by atoms with Crippen molar-refractivity contribution in [2.45, 2.75) is 0 Å². The topological polar surface area (TPSA) is 46.5 Å². The molecule has 106 valence electrons. The van der Waals surface area contributed by atoms with Crippen molar-refractivity contribution >= 4 is 27.4 Å². The Morgan fingerprint density at radius 1 is 1.19 bits per heavy atom. The van der Waals surface area contributed by atoms with Crippen LogP contribution in [0.3, 0.4) is 0 Å². The molecule has 1 N–H and O–H groups in total. The third-order valence-corrected chi connectivity index (χ3v) is 4.24. The molecule has 0 unspecified atom stereocenters. The Bertz CT molecular complexity index is 839. The van der Waals surface area contributed by atoms with E-state index in [1.54, 1.807) is 24.3 Å². The van der Waals surface area contributed by atoms with Crippen molar-refractivity contribution in [3.63, 3.8) is 0 Å². The van der Waals surface area contributed by atoms with Gasteiger partial charge in [0.1, 0.15) is 11.6 Å². The fraction of sp³-hybridized carbons (Fsp3) is 0.0625. The number of benzene rings is 2. The maximum absolute atomic E-state index is 13.5. The summed E-state index contributed by atoms with van der Waals surface area (Å²) >= 11 is 1.48. The number of rotatable bonds is 3. The molecule has 0 aliphatic rings. The highest BCUT2D eigenvalue weighted by Crippen LogP contribution is 2.39. The van der Waals surface area contributed by atoms with E-state index in [1.807, 2.05) is 5.38 Å². The second-order valence-corrected chi connectivity index (χ2v) is 5.42. The van der Waals surface area contributed by atoms with Crippen molar-refractivity contribution in [1.82, 2.24) is 0 Å². The number of carboxylic acid groups (broad SMARTS) is 1. The third kappa shape index (κ3) is 2.36. The van der Waals surface area contributed by atoms with Crippen LogP contribution in [0.2, 0.25) is 0 Å². The lowest BCUT2D eigenvalue weighted by atomic mass is 10.0. The lowest BCUT2D eigenvalue weighted by Crippen LogP contribution is -1.95. The summed E-state index contributed by atoms with van der Waals surface area (Å²) in [6, 6.07) is 9.23. The number of fused-ring (bicyclic) bond motifs is 1. The Labute approximate surface area is 124 Å². The Morgan fingerprint density at radius 3 is 2.71 bits per heavy atom. The molecule has 0 fully saturated rings. The van der Waals surface area contributed by atoms with E-state index in [2.05, 4.69) is 0 Å². The molecule has 1 heterocycles. The molecule has 0 saturated carbocycles. The molecule has 1 aromatic heterocycles. The van der Waals surface area contributed by atoms with E-state index in [9.17, 15) is 9.18 Å². The quantitative estimate of drug-likeness (QED) is 0.779. The molecular formula is C16H11FO3S. The Morgan fingerprint density at radius 2 is 2.00 bits per heavy atom. The van der Waals surface area contributed by atoms with E-state index >= 15 is 0 Å². The molecule has 0 radical (unpaired) electrons. The van der Waals surface area contributed by atoms with Gasteiger partial charge in [0.15, 0.2) is 0 Å². The van der Waals surface area contributed by atoms with E-state index in [0.29, 0.717) is 11.3 Å². The van der Waals surface area contributed by atoms with E-state index in [-0.39, 0.29) is 11.4 Å². The zero-order chi connectivity index (χ0) is 15.0. The number of hydrogen-bond acceptors (Lipinski definition) is 3. The van der Waals surface area contributed by atoms with Crippen LogP contribution in [-0.4, -0.2) is 18.2 Å². The highest BCUT2D eigenvalue weighted by molar-refractivity contribution is 7.17. The Balaban J connectivity index is 2.27. The first kappa shape index (κ1) is 13.6. The summed E-state index contributed by atoms with van der Waals surface area (Å²) in [6.45, 7) is 0. The largest absolute Gasteiger partial charge is 0.496 e. The normalized spacial score (nSPS) is 10.8. The van der Waals surface area contributed by atoms with Crippen molar-refractivity contribution in [3.05, 3.63) is 53.2 Å². The zero-order valence-corrected chi connectivity index (χ0v) is 11.9. The van der Waals surface area contributed by atoms with Gasteiger partial charge in [-0.1, -0.05) is 0 Å². The summed E-state index contributed by atoms with van der Waals surface area (Å²) in [5.74, 6) is -0.795. The molecule has 0 saturated heterocycles. The molecule has 0 amide bonds. The van der Waals surface area contributed by atoms with Crippen LogP contribution in [0.4, 0.5) is 4.39 Å². The first-order valence-corrected chi connectivity index (χ1v) is 7.06. The Kier molecular flexibility index (Phi) is 3.35. The molecule has 21 heavy (non-hydrogen) atoms. The van der Waals surface area contributed by atoms with Crippen molar-refractivity contribution < 1.29 is 19.0 Å². The predicted octanol–water partition coefficient (Wildman–Crippen LogP) is 4.41. The minimum absolute atomic E-state index is 0.206. The van der Waals surface area contributed by atoms with Crippen LogP contribution in [0, 0.1) is 5.82 Å². The summed E-state index contributed by atoms with van der Waals surface area (Å²) in [6.07, 6.45) is 0. The lowest BCUT2D eigenvalue weighted by molar-refractivity contribution is 0.0697. The van der Waals surface area contributed by atoms with Crippen molar-refractivity contribution in [1.29, 1.82) is 0 Å². The monoisotopic (exact) mass is 302 g/mol. The summed E-state index contributed by atoms with van der Waals surface area (Å²) < 4.78 is 19.8. The van der Waals surface area contributed by atoms with Gasteiger partial charge in [-0.05, 0) is 41.8 Å². The molecule has 0 aliphatic heterocycles. The second kappa shape index (κ2) is 5.18. The smallest absolute Gasteiger partial charge is 0.335 e. The standard InChI is InChI=1S/C16H11FO3S/c1-20-14-4-3-10(17)7-11(14)13-8-21-15-5-2-9(16(18)19)6-12(13)15/h2-8H,1H3,(H,18,19). The van der Waals surface area contributed by atoms with Gasteiger partial charge in [0.25, 0.3) is 0 Å². The molecule has 0 aliphatic carbocycles. The summed E-state index contributed by atoms with van der Waals surface area (Å²) in [5, 5.41) is 11.8. The van der Waals surface area contributed by atoms with Crippen molar-refractivity contribution in [2.24, 2.45) is 0 Å². The van der Waals surface area contributed by atoms with Gasteiger partial charge in [0.2, 0.25) is 0 Å². The van der Waals surface area contributed by atoms with Crippen LogP contribution in [0.15, 0.2) is 41.8 Å². The van der Waals surface area contributed by atoms with E-state index in [1.165, 1.54) is 30.6 Å². The molecule has 0 spiro atoms. The van der Waals surface area contributed by atoms with Gasteiger partial charge in [0, 0.05) is 21.2 Å². The van der Waals surface area contributed by atoms with Crippen LogP contribution in [-0.2, 0) is 0 Å². The number of ether oxygens (including phenoxy) is 1. The van der Waals surface area contributed by atoms with Crippen LogP contribution in [0.1, 0.15) is 10.4 Å². The highest BCUT2D eigenvalue weighted by Gasteiger charge is 2.14. The summed E-state index contributed by atoms with van der Waals surface area (Å²) in [4.78, 5) is 11.1. The van der Waals surface area contributed by atoms with Gasteiger partial charge in [-0.3, -0.25) is 0 Å².